The van der Waals surface area contributed by atoms with Gasteiger partial charge in [-0.05, 0) is 38.7 Å². The number of nitrogens with zero attached hydrogens (tertiary/aromatic N) is 2. The summed E-state index contributed by atoms with van der Waals surface area (Å²) in [6, 6.07) is 5.85. The van der Waals surface area contributed by atoms with Crippen LogP contribution in [-0.2, 0) is 11.2 Å². The van der Waals surface area contributed by atoms with Crippen molar-refractivity contribution in [3.8, 4) is 11.5 Å². The molecule has 3 rings (SSSR count). The number of benzene rings is 1. The van der Waals surface area contributed by atoms with Crippen LogP contribution in [-0.4, -0.2) is 67.7 Å². The maximum Gasteiger partial charge on any atom is 0.319 e. The predicted molar refractivity (Wildman–Crippen MR) is 107 cm³/mol. The molecule has 0 saturated carbocycles. The van der Waals surface area contributed by atoms with E-state index in [1.807, 2.05) is 36.9 Å². The van der Waals surface area contributed by atoms with E-state index in [1.54, 1.807) is 19.0 Å². The topological polar surface area (TPSA) is 71.1 Å². The zero-order chi connectivity index (χ0) is 20.3. The van der Waals surface area contributed by atoms with Gasteiger partial charge in [0.2, 0.25) is 0 Å². The minimum absolute atomic E-state index is 0.0296. The van der Waals surface area contributed by atoms with Gasteiger partial charge in [0.05, 0.1) is 0 Å². The highest BCUT2D eigenvalue weighted by molar-refractivity contribution is 5.77. The average molecular weight is 389 g/mol. The normalized spacial score (nSPS) is 18.2. The Balaban J connectivity index is 1.41. The largest absolute Gasteiger partial charge is 0.483 e. The Morgan fingerprint density at radius 3 is 2.68 bits per heavy atom. The highest BCUT2D eigenvalue weighted by atomic mass is 16.5. The number of ether oxygens (including phenoxy) is 2. The van der Waals surface area contributed by atoms with E-state index >= 15 is 0 Å². The van der Waals surface area contributed by atoms with Crippen LogP contribution >= 0.6 is 0 Å². The number of fused-ring (bicyclic) bond motifs is 1. The standard InChI is InChI=1S/C21H31N3O4/c1-21(2)12-16-6-5-7-17(19(16)28-21)27-14-18(25)22-13-15-8-10-24(11-9-15)20(26)23(3)4/h5-7,15H,8-14H2,1-4H3,(H,22,25). The number of likely N-dealkylation sites (tertiary alicyclic amines) is 1. The third kappa shape index (κ3) is 4.88. The second kappa shape index (κ2) is 8.29. The van der Waals surface area contributed by atoms with Crippen LogP contribution in [0.3, 0.4) is 0 Å². The van der Waals surface area contributed by atoms with Crippen molar-refractivity contribution in [2.75, 3.05) is 40.3 Å². The first kappa shape index (κ1) is 20.3. The minimum atomic E-state index is -0.243. The number of hydrogen-bond acceptors (Lipinski definition) is 4. The van der Waals surface area contributed by atoms with Crippen LogP contribution in [0.2, 0.25) is 0 Å². The van der Waals surface area contributed by atoms with Crippen molar-refractivity contribution in [1.29, 1.82) is 0 Å². The Kier molecular flexibility index (Phi) is 6.01. The van der Waals surface area contributed by atoms with Gasteiger partial charge in [0.25, 0.3) is 5.91 Å². The van der Waals surface area contributed by atoms with Gasteiger partial charge < -0.3 is 24.6 Å². The van der Waals surface area contributed by atoms with Crippen molar-refractivity contribution in [3.05, 3.63) is 23.8 Å². The summed E-state index contributed by atoms with van der Waals surface area (Å²) in [5.41, 5.74) is 0.870. The summed E-state index contributed by atoms with van der Waals surface area (Å²) in [5, 5.41) is 2.95. The lowest BCUT2D eigenvalue weighted by Gasteiger charge is -2.33. The van der Waals surface area contributed by atoms with E-state index in [4.69, 9.17) is 9.47 Å². The Morgan fingerprint density at radius 2 is 2.00 bits per heavy atom. The molecule has 1 saturated heterocycles. The van der Waals surface area contributed by atoms with Crippen LogP contribution in [0.1, 0.15) is 32.3 Å². The van der Waals surface area contributed by atoms with Gasteiger partial charge in [0, 0.05) is 45.7 Å². The Morgan fingerprint density at radius 1 is 1.29 bits per heavy atom. The number of rotatable bonds is 5. The molecule has 2 heterocycles. The molecular weight excluding hydrogens is 358 g/mol. The molecule has 0 radical (unpaired) electrons. The summed E-state index contributed by atoms with van der Waals surface area (Å²) in [6.07, 6.45) is 2.63. The molecule has 1 fully saturated rings. The molecule has 0 spiro atoms. The van der Waals surface area contributed by atoms with E-state index in [1.165, 1.54) is 0 Å². The maximum atomic E-state index is 12.2. The lowest BCUT2D eigenvalue weighted by Crippen LogP contribution is -2.45. The summed E-state index contributed by atoms with van der Waals surface area (Å²) < 4.78 is 11.7. The van der Waals surface area contributed by atoms with Crippen molar-refractivity contribution < 1.29 is 19.1 Å². The molecule has 1 aromatic rings. The fourth-order valence-electron chi connectivity index (χ4n) is 3.76. The van der Waals surface area contributed by atoms with E-state index in [2.05, 4.69) is 5.32 Å². The van der Waals surface area contributed by atoms with E-state index < -0.39 is 0 Å². The third-order valence-corrected chi connectivity index (χ3v) is 5.27. The molecule has 1 aromatic carbocycles. The predicted octanol–water partition coefficient (Wildman–Crippen LogP) is 2.29. The van der Waals surface area contributed by atoms with Crippen molar-refractivity contribution in [2.24, 2.45) is 5.92 Å². The molecule has 0 bridgehead atoms. The van der Waals surface area contributed by atoms with Gasteiger partial charge in [-0.2, -0.15) is 0 Å². The number of piperidine rings is 1. The van der Waals surface area contributed by atoms with Crippen LogP contribution in [0.15, 0.2) is 18.2 Å². The van der Waals surface area contributed by atoms with Gasteiger partial charge in [0.15, 0.2) is 18.1 Å². The van der Waals surface area contributed by atoms with E-state index in [-0.39, 0.29) is 24.1 Å². The highest BCUT2D eigenvalue weighted by Gasteiger charge is 2.32. The summed E-state index contributed by atoms with van der Waals surface area (Å²) in [5.74, 6) is 1.62. The fraction of sp³-hybridized carbons (Fsp3) is 0.619. The van der Waals surface area contributed by atoms with Gasteiger partial charge in [0.1, 0.15) is 5.60 Å². The summed E-state index contributed by atoms with van der Waals surface area (Å²) in [4.78, 5) is 27.6. The Labute approximate surface area is 167 Å². The molecule has 28 heavy (non-hydrogen) atoms. The van der Waals surface area contributed by atoms with Crippen LogP contribution in [0, 0.1) is 5.92 Å². The molecule has 0 unspecified atom stereocenters. The van der Waals surface area contributed by atoms with E-state index in [0.29, 0.717) is 18.2 Å². The molecule has 3 amide bonds. The Hall–Kier alpha value is -2.44. The van der Waals surface area contributed by atoms with Gasteiger partial charge in [-0.3, -0.25) is 4.79 Å². The highest BCUT2D eigenvalue weighted by Crippen LogP contribution is 2.41. The summed E-state index contributed by atoms with van der Waals surface area (Å²) in [7, 11) is 3.53. The second-order valence-corrected chi connectivity index (χ2v) is 8.48. The summed E-state index contributed by atoms with van der Waals surface area (Å²) in [6.45, 7) is 6.14. The minimum Gasteiger partial charge on any atom is -0.483 e. The number of carbonyl (C=O) groups excluding carboxylic acids is 2. The number of amides is 3. The number of para-hydroxylation sites is 1. The Bertz CT molecular complexity index is 724. The number of nitrogens with one attached hydrogen (secondary N) is 1. The van der Waals surface area contributed by atoms with Crippen molar-refractivity contribution in [1.82, 2.24) is 15.1 Å². The second-order valence-electron chi connectivity index (χ2n) is 8.48. The zero-order valence-electron chi connectivity index (χ0n) is 17.3. The number of urea groups is 1. The van der Waals surface area contributed by atoms with Gasteiger partial charge in [-0.25, -0.2) is 4.79 Å². The molecule has 1 N–H and O–H groups in total. The monoisotopic (exact) mass is 389 g/mol. The smallest absolute Gasteiger partial charge is 0.319 e. The first-order chi connectivity index (χ1) is 13.2. The van der Waals surface area contributed by atoms with Crippen LogP contribution in [0.4, 0.5) is 4.79 Å². The van der Waals surface area contributed by atoms with Gasteiger partial charge >= 0.3 is 6.03 Å². The van der Waals surface area contributed by atoms with Crippen LogP contribution < -0.4 is 14.8 Å². The SMILES string of the molecule is CN(C)C(=O)N1CCC(CNC(=O)COc2cccc3c2OC(C)(C)C3)CC1. The molecule has 0 aromatic heterocycles. The first-order valence-corrected chi connectivity index (χ1v) is 9.92. The van der Waals surface area contributed by atoms with Crippen LogP contribution in [0.5, 0.6) is 11.5 Å². The first-order valence-electron chi connectivity index (χ1n) is 9.92. The lowest BCUT2D eigenvalue weighted by molar-refractivity contribution is -0.123. The summed E-state index contributed by atoms with van der Waals surface area (Å²) >= 11 is 0. The molecule has 0 aliphatic carbocycles. The molecule has 0 atom stereocenters. The quantitative estimate of drug-likeness (QED) is 0.839. The third-order valence-electron chi connectivity index (χ3n) is 5.27. The average Bonchev–Trinajstić information content (AvgIpc) is 2.98. The van der Waals surface area contributed by atoms with Crippen LogP contribution in [0.25, 0.3) is 0 Å². The van der Waals surface area contributed by atoms with Gasteiger partial charge in [-0.15, -0.1) is 0 Å². The molecular formula is C21H31N3O4. The van der Waals surface area contributed by atoms with Crippen molar-refractivity contribution in [2.45, 2.75) is 38.7 Å². The maximum absolute atomic E-state index is 12.2. The molecule has 154 valence electrons. The van der Waals surface area contributed by atoms with Gasteiger partial charge in [-0.1, -0.05) is 12.1 Å². The number of carbonyl (C=O) groups is 2. The van der Waals surface area contributed by atoms with E-state index in [0.717, 1.165) is 43.7 Å². The van der Waals surface area contributed by atoms with Crippen molar-refractivity contribution >= 4 is 11.9 Å². The molecule has 7 nitrogen and oxygen atoms in total. The molecule has 7 heteroatoms. The van der Waals surface area contributed by atoms with Crippen molar-refractivity contribution in [3.63, 3.8) is 0 Å². The molecule has 2 aliphatic heterocycles. The van der Waals surface area contributed by atoms with E-state index in [9.17, 15) is 9.59 Å². The lowest BCUT2D eigenvalue weighted by atomic mass is 9.97. The molecule has 2 aliphatic rings. The number of hydrogen-bond donors (Lipinski definition) is 1. The fourth-order valence-corrected chi connectivity index (χ4v) is 3.76. The zero-order valence-corrected chi connectivity index (χ0v) is 17.3.